The molecule has 2 rings (SSSR count). The van der Waals surface area contributed by atoms with E-state index >= 15 is 0 Å². The Balaban J connectivity index is 2.02. The standard InChI is InChI=1S/C22H25N3O/c1-3-4-15-24-20-10-12-21(13-11-20)25-22(26)19-9-5-8-18(16-19)17(2)7-6-14-23/h5-14,16,23-24H,2-4,15H2,1H3,(H,25,26)/b7-6-,23-14?. The molecular weight excluding hydrogens is 322 g/mol. The van der Waals surface area contributed by atoms with Gasteiger partial charge in [-0.3, -0.25) is 4.79 Å². The van der Waals surface area contributed by atoms with Gasteiger partial charge in [-0.2, -0.15) is 0 Å². The number of amides is 1. The molecule has 0 aromatic heterocycles. The summed E-state index contributed by atoms with van der Waals surface area (Å²) >= 11 is 0. The first-order valence-electron chi connectivity index (χ1n) is 8.76. The van der Waals surface area contributed by atoms with Gasteiger partial charge in [0.2, 0.25) is 0 Å². The van der Waals surface area contributed by atoms with Crippen molar-refractivity contribution in [3.8, 4) is 0 Å². The van der Waals surface area contributed by atoms with E-state index < -0.39 is 0 Å². The van der Waals surface area contributed by atoms with Crippen molar-refractivity contribution in [3.63, 3.8) is 0 Å². The summed E-state index contributed by atoms with van der Waals surface area (Å²) in [6, 6.07) is 15.0. The fourth-order valence-electron chi connectivity index (χ4n) is 2.40. The fraction of sp³-hybridized carbons (Fsp3) is 0.182. The van der Waals surface area contributed by atoms with Gasteiger partial charge < -0.3 is 16.0 Å². The largest absolute Gasteiger partial charge is 0.385 e. The normalized spacial score (nSPS) is 10.5. The van der Waals surface area contributed by atoms with Gasteiger partial charge >= 0.3 is 0 Å². The Bertz CT molecular complexity index is 791. The molecular formula is C22H25N3O. The van der Waals surface area contributed by atoms with Crippen molar-refractivity contribution in [1.29, 1.82) is 5.41 Å². The van der Waals surface area contributed by atoms with Crippen LogP contribution >= 0.6 is 0 Å². The predicted molar refractivity (Wildman–Crippen MR) is 111 cm³/mol. The summed E-state index contributed by atoms with van der Waals surface area (Å²) < 4.78 is 0. The molecule has 1 amide bonds. The number of hydrogen-bond donors (Lipinski definition) is 3. The molecule has 0 radical (unpaired) electrons. The van der Waals surface area contributed by atoms with Gasteiger partial charge in [0.1, 0.15) is 0 Å². The summed E-state index contributed by atoms with van der Waals surface area (Å²) in [5.41, 5.74) is 3.98. The fourth-order valence-corrected chi connectivity index (χ4v) is 2.40. The zero-order valence-corrected chi connectivity index (χ0v) is 15.1. The molecule has 2 aromatic rings. The van der Waals surface area contributed by atoms with Crippen LogP contribution in [0.5, 0.6) is 0 Å². The van der Waals surface area contributed by atoms with Gasteiger partial charge in [0.15, 0.2) is 0 Å². The zero-order chi connectivity index (χ0) is 18.8. The van der Waals surface area contributed by atoms with Gasteiger partial charge in [-0.1, -0.05) is 38.1 Å². The number of unbranched alkanes of at least 4 members (excludes halogenated alkanes) is 1. The van der Waals surface area contributed by atoms with E-state index in [1.165, 1.54) is 6.21 Å². The molecule has 0 aliphatic carbocycles. The van der Waals surface area contributed by atoms with Crippen LogP contribution in [-0.4, -0.2) is 18.7 Å². The topological polar surface area (TPSA) is 65.0 Å². The third-order valence-electron chi connectivity index (χ3n) is 3.89. The molecule has 0 aliphatic heterocycles. The Morgan fingerprint density at radius 3 is 2.50 bits per heavy atom. The van der Waals surface area contributed by atoms with Crippen molar-refractivity contribution in [2.75, 3.05) is 17.2 Å². The highest BCUT2D eigenvalue weighted by atomic mass is 16.1. The second kappa shape index (κ2) is 9.99. The third kappa shape index (κ3) is 5.74. The smallest absolute Gasteiger partial charge is 0.255 e. The molecule has 4 nitrogen and oxygen atoms in total. The summed E-state index contributed by atoms with van der Waals surface area (Å²) in [4.78, 5) is 12.5. The molecule has 0 aliphatic rings. The summed E-state index contributed by atoms with van der Waals surface area (Å²) in [6.45, 7) is 7.07. The average Bonchev–Trinajstić information content (AvgIpc) is 2.67. The van der Waals surface area contributed by atoms with E-state index in [9.17, 15) is 4.79 Å². The number of nitrogens with one attached hydrogen (secondary N) is 3. The van der Waals surface area contributed by atoms with Gasteiger partial charge in [-0.25, -0.2) is 0 Å². The molecule has 0 unspecified atom stereocenters. The first-order valence-corrected chi connectivity index (χ1v) is 8.76. The Labute approximate surface area is 155 Å². The SMILES string of the molecule is C=C(/C=C\C=N)c1cccc(C(=O)Nc2ccc(NCCCC)cc2)c1. The van der Waals surface area contributed by atoms with Crippen LogP contribution in [0.3, 0.4) is 0 Å². The molecule has 0 bridgehead atoms. The molecule has 134 valence electrons. The number of anilines is 2. The molecule has 3 N–H and O–H groups in total. The minimum absolute atomic E-state index is 0.164. The van der Waals surface area contributed by atoms with Crippen molar-refractivity contribution in [1.82, 2.24) is 0 Å². The number of carbonyl (C=O) groups is 1. The molecule has 0 fully saturated rings. The highest BCUT2D eigenvalue weighted by Gasteiger charge is 2.07. The summed E-state index contributed by atoms with van der Waals surface area (Å²) in [7, 11) is 0. The minimum Gasteiger partial charge on any atom is -0.385 e. The van der Waals surface area contributed by atoms with Crippen molar-refractivity contribution in [2.24, 2.45) is 0 Å². The predicted octanol–water partition coefficient (Wildman–Crippen LogP) is 5.37. The molecule has 0 spiro atoms. The van der Waals surface area contributed by atoms with Crippen molar-refractivity contribution in [3.05, 3.63) is 78.4 Å². The monoisotopic (exact) mass is 347 g/mol. The lowest BCUT2D eigenvalue weighted by molar-refractivity contribution is 0.102. The van der Waals surface area contributed by atoms with E-state index in [0.717, 1.165) is 41.9 Å². The van der Waals surface area contributed by atoms with Gasteiger partial charge in [-0.05, 0) is 60.0 Å². The summed E-state index contributed by atoms with van der Waals surface area (Å²) in [5, 5.41) is 13.3. The maximum atomic E-state index is 12.5. The molecule has 0 saturated heterocycles. The van der Waals surface area contributed by atoms with Gasteiger partial charge in [0, 0.05) is 29.7 Å². The minimum atomic E-state index is -0.164. The third-order valence-corrected chi connectivity index (χ3v) is 3.89. The van der Waals surface area contributed by atoms with Crippen LogP contribution in [0.15, 0.2) is 67.3 Å². The van der Waals surface area contributed by atoms with E-state index in [1.807, 2.05) is 36.4 Å². The molecule has 0 atom stereocenters. The summed E-state index contributed by atoms with van der Waals surface area (Å²) in [5.74, 6) is -0.164. The van der Waals surface area contributed by atoms with Crippen LogP contribution in [0, 0.1) is 5.41 Å². The lowest BCUT2D eigenvalue weighted by atomic mass is 10.0. The Morgan fingerprint density at radius 2 is 1.81 bits per heavy atom. The maximum absolute atomic E-state index is 12.5. The van der Waals surface area contributed by atoms with Crippen molar-refractivity contribution >= 4 is 29.1 Å². The zero-order valence-electron chi connectivity index (χ0n) is 15.1. The number of benzene rings is 2. The van der Waals surface area contributed by atoms with Gasteiger partial charge in [0.25, 0.3) is 5.91 Å². The maximum Gasteiger partial charge on any atom is 0.255 e. The second-order valence-electron chi connectivity index (χ2n) is 5.94. The van der Waals surface area contributed by atoms with Crippen LogP contribution in [0.2, 0.25) is 0 Å². The summed E-state index contributed by atoms with van der Waals surface area (Å²) in [6.07, 6.45) is 6.83. The molecule has 0 saturated carbocycles. The lowest BCUT2D eigenvalue weighted by Gasteiger charge is -2.09. The Kier molecular flexibility index (Phi) is 7.37. The number of carbonyl (C=O) groups excluding carboxylic acids is 1. The second-order valence-corrected chi connectivity index (χ2v) is 5.94. The first kappa shape index (κ1) is 19.2. The first-order chi connectivity index (χ1) is 12.6. The molecule has 4 heteroatoms. The average molecular weight is 347 g/mol. The van der Waals surface area contributed by atoms with E-state index in [0.29, 0.717) is 5.56 Å². The van der Waals surface area contributed by atoms with Crippen LogP contribution in [0.1, 0.15) is 35.7 Å². The van der Waals surface area contributed by atoms with Crippen LogP contribution < -0.4 is 10.6 Å². The number of hydrogen-bond acceptors (Lipinski definition) is 3. The molecule has 26 heavy (non-hydrogen) atoms. The van der Waals surface area contributed by atoms with E-state index in [1.54, 1.807) is 24.3 Å². The van der Waals surface area contributed by atoms with E-state index in [2.05, 4.69) is 24.1 Å². The van der Waals surface area contributed by atoms with Crippen LogP contribution in [0.4, 0.5) is 11.4 Å². The van der Waals surface area contributed by atoms with E-state index in [4.69, 9.17) is 5.41 Å². The van der Waals surface area contributed by atoms with Gasteiger partial charge in [0.05, 0.1) is 0 Å². The number of rotatable bonds is 9. The number of allylic oxidation sites excluding steroid dienone is 3. The Morgan fingerprint density at radius 1 is 1.12 bits per heavy atom. The van der Waals surface area contributed by atoms with Gasteiger partial charge in [-0.15, -0.1) is 0 Å². The van der Waals surface area contributed by atoms with Crippen LogP contribution in [-0.2, 0) is 0 Å². The van der Waals surface area contributed by atoms with Crippen LogP contribution in [0.25, 0.3) is 5.57 Å². The van der Waals surface area contributed by atoms with E-state index in [-0.39, 0.29) is 5.91 Å². The Hall–Kier alpha value is -3.14. The lowest BCUT2D eigenvalue weighted by Crippen LogP contribution is -2.12. The molecule has 0 heterocycles. The highest BCUT2D eigenvalue weighted by Crippen LogP contribution is 2.18. The quantitative estimate of drug-likeness (QED) is 0.324. The van der Waals surface area contributed by atoms with Crippen molar-refractivity contribution < 1.29 is 4.79 Å². The highest BCUT2D eigenvalue weighted by molar-refractivity contribution is 6.04. The van der Waals surface area contributed by atoms with Crippen molar-refractivity contribution in [2.45, 2.75) is 19.8 Å². The molecule has 2 aromatic carbocycles.